The molecule has 6 bridgehead atoms. The highest BCUT2D eigenvalue weighted by molar-refractivity contribution is 6.03. The van der Waals surface area contributed by atoms with E-state index >= 15 is 0 Å². The van der Waals surface area contributed by atoms with Crippen LogP contribution >= 0.6 is 0 Å². The van der Waals surface area contributed by atoms with Gasteiger partial charge in [-0.15, -0.1) is 0 Å². The van der Waals surface area contributed by atoms with Crippen molar-refractivity contribution in [2.75, 3.05) is 6.61 Å². The Labute approximate surface area is 250 Å². The zero-order chi connectivity index (χ0) is 30.4. The van der Waals surface area contributed by atoms with Crippen LogP contribution in [0.2, 0.25) is 0 Å². The molecular weight excluding hydrogens is 536 g/mol. The first-order chi connectivity index (χ1) is 19.6. The van der Waals surface area contributed by atoms with Gasteiger partial charge in [0.25, 0.3) is 0 Å². The van der Waals surface area contributed by atoms with Crippen molar-refractivity contribution < 1.29 is 38.1 Å². The quantitative estimate of drug-likeness (QED) is 0.184. The van der Waals surface area contributed by atoms with Gasteiger partial charge in [0.15, 0.2) is 12.0 Å². The van der Waals surface area contributed by atoms with Crippen LogP contribution in [0.25, 0.3) is 0 Å². The van der Waals surface area contributed by atoms with Crippen molar-refractivity contribution in [3.63, 3.8) is 0 Å². The van der Waals surface area contributed by atoms with Gasteiger partial charge in [0.1, 0.15) is 17.8 Å². The molecule has 234 valence electrons. The second kappa shape index (κ2) is 9.95. The van der Waals surface area contributed by atoms with E-state index < -0.39 is 59.1 Å². The molecule has 7 rings (SSSR count). The van der Waals surface area contributed by atoms with Crippen LogP contribution in [0.1, 0.15) is 106 Å². The van der Waals surface area contributed by atoms with Crippen molar-refractivity contribution in [2.45, 2.75) is 124 Å². The lowest BCUT2D eigenvalue weighted by Gasteiger charge is -2.61. The van der Waals surface area contributed by atoms with Crippen LogP contribution in [-0.2, 0) is 38.1 Å². The Kier molecular flexibility index (Phi) is 7.09. The molecule has 0 amide bonds. The van der Waals surface area contributed by atoms with E-state index in [4.69, 9.17) is 18.9 Å². The molecule has 0 spiro atoms. The third kappa shape index (κ3) is 4.43. The van der Waals surface area contributed by atoms with Gasteiger partial charge >= 0.3 is 23.9 Å². The Morgan fingerprint density at radius 2 is 1.52 bits per heavy atom. The third-order valence-electron chi connectivity index (χ3n) is 12.8. The lowest BCUT2D eigenvalue weighted by molar-refractivity contribution is -0.209. The number of carbonyl (C=O) groups is 4. The van der Waals surface area contributed by atoms with Crippen LogP contribution in [0.15, 0.2) is 0 Å². The van der Waals surface area contributed by atoms with Gasteiger partial charge in [0.2, 0.25) is 0 Å². The number of carbonyl (C=O) groups excluding carboxylic acids is 4. The summed E-state index contributed by atoms with van der Waals surface area (Å²) < 4.78 is 23.4. The Bertz CT molecular complexity index is 1120. The molecule has 0 aromatic heterocycles. The molecule has 7 aliphatic rings. The maximum atomic E-state index is 14.0. The van der Waals surface area contributed by atoms with Gasteiger partial charge < -0.3 is 18.9 Å². The van der Waals surface area contributed by atoms with Gasteiger partial charge in [-0.05, 0) is 108 Å². The van der Waals surface area contributed by atoms with Crippen molar-refractivity contribution in [2.24, 2.45) is 57.7 Å². The summed E-state index contributed by atoms with van der Waals surface area (Å²) in [6.45, 7) is 13.6. The Balaban J connectivity index is 1.09. The zero-order valence-corrected chi connectivity index (χ0v) is 26.5. The molecule has 0 N–H and O–H groups in total. The minimum absolute atomic E-state index is 0.0239. The van der Waals surface area contributed by atoms with Crippen molar-refractivity contribution >= 4 is 23.9 Å². The smallest absolute Gasteiger partial charge is 0.344 e. The molecule has 0 aromatic rings. The largest absolute Gasteiger partial charge is 0.458 e. The van der Waals surface area contributed by atoms with E-state index in [9.17, 15) is 19.2 Å². The maximum Gasteiger partial charge on any atom is 0.344 e. The number of hydrogen-bond donors (Lipinski definition) is 0. The first-order valence-corrected chi connectivity index (χ1v) is 16.4. The van der Waals surface area contributed by atoms with Crippen LogP contribution in [0, 0.1) is 57.7 Å². The van der Waals surface area contributed by atoms with Crippen LogP contribution in [0.5, 0.6) is 0 Å². The van der Waals surface area contributed by atoms with Gasteiger partial charge in [0.05, 0.1) is 5.41 Å². The van der Waals surface area contributed by atoms with Crippen molar-refractivity contribution in [3.05, 3.63) is 0 Å². The molecule has 1 saturated heterocycles. The fourth-order valence-electron chi connectivity index (χ4n) is 10.6. The summed E-state index contributed by atoms with van der Waals surface area (Å²) in [4.78, 5) is 53.1. The Hall–Kier alpha value is -2.12. The molecule has 6 atom stereocenters. The molecule has 6 unspecified atom stereocenters. The molecule has 8 heteroatoms. The van der Waals surface area contributed by atoms with Gasteiger partial charge in [-0.2, -0.15) is 0 Å². The number of hydrogen-bond acceptors (Lipinski definition) is 8. The third-order valence-corrected chi connectivity index (χ3v) is 12.8. The normalized spacial score (nSPS) is 40.8. The molecule has 0 aromatic carbocycles. The van der Waals surface area contributed by atoms with E-state index in [0.717, 1.165) is 37.0 Å². The Morgan fingerprint density at radius 1 is 0.929 bits per heavy atom. The van der Waals surface area contributed by atoms with E-state index in [2.05, 4.69) is 27.7 Å². The fourth-order valence-corrected chi connectivity index (χ4v) is 10.6. The van der Waals surface area contributed by atoms with Gasteiger partial charge in [-0.1, -0.05) is 27.7 Å². The lowest BCUT2D eigenvalue weighted by Crippen LogP contribution is -2.59. The summed E-state index contributed by atoms with van der Waals surface area (Å²) >= 11 is 0. The molecule has 1 aliphatic heterocycles. The van der Waals surface area contributed by atoms with Crippen LogP contribution in [-0.4, -0.2) is 48.3 Å². The highest BCUT2D eigenvalue weighted by Gasteiger charge is 2.76. The fraction of sp³-hybridized carbons (Fsp3) is 0.882. The van der Waals surface area contributed by atoms with E-state index in [1.54, 1.807) is 0 Å². The average molecular weight is 587 g/mol. The second-order valence-electron chi connectivity index (χ2n) is 16.4. The second-order valence-corrected chi connectivity index (χ2v) is 16.4. The highest BCUT2D eigenvalue weighted by atomic mass is 16.6. The molecule has 42 heavy (non-hydrogen) atoms. The maximum absolute atomic E-state index is 14.0. The molecule has 1 heterocycles. The highest BCUT2D eigenvalue weighted by Crippen LogP contribution is 2.66. The zero-order valence-electron chi connectivity index (χ0n) is 26.5. The summed E-state index contributed by atoms with van der Waals surface area (Å²) in [5.74, 6) is -0.103. The van der Waals surface area contributed by atoms with E-state index in [1.165, 1.54) is 19.3 Å². The Morgan fingerprint density at radius 3 is 2.07 bits per heavy atom. The van der Waals surface area contributed by atoms with Crippen LogP contribution in [0.3, 0.4) is 0 Å². The SMILES string of the molecule is CC(C)CC(C)(C(=O)OCC(=O)OC1C2CC3C1OC(=O)C3(C(=O)OC(C)(C)C13CC4CC(CC(C4)C1)C3)C2)C(C)C. The molecule has 7 fully saturated rings. The first-order valence-electron chi connectivity index (χ1n) is 16.4. The van der Waals surface area contributed by atoms with E-state index in [0.29, 0.717) is 18.8 Å². The van der Waals surface area contributed by atoms with Gasteiger partial charge in [-0.3, -0.25) is 14.4 Å². The molecule has 6 aliphatic carbocycles. The van der Waals surface area contributed by atoms with Crippen LogP contribution < -0.4 is 0 Å². The predicted molar refractivity (Wildman–Crippen MR) is 153 cm³/mol. The minimum Gasteiger partial charge on any atom is -0.458 e. The summed E-state index contributed by atoms with van der Waals surface area (Å²) in [5.41, 5.74) is -2.71. The van der Waals surface area contributed by atoms with E-state index in [-0.39, 0.29) is 29.6 Å². The lowest BCUT2D eigenvalue weighted by atomic mass is 9.46. The standard InChI is InChI=1S/C34H50O8/c1-18(2)12-32(7,19(3)4)28(36)39-17-25(35)40-26-23-11-24-27(26)41-29(37)34(24,16-23)30(38)42-31(5,6)33-13-20-8-21(14-33)10-22(9-20)15-33/h18-24,26-27H,8-17H2,1-7H3. The topological polar surface area (TPSA) is 105 Å². The van der Waals surface area contributed by atoms with Gasteiger partial charge in [0, 0.05) is 17.3 Å². The summed E-state index contributed by atoms with van der Waals surface area (Å²) in [6, 6.07) is 0. The van der Waals surface area contributed by atoms with Gasteiger partial charge in [-0.25, -0.2) is 4.79 Å². The number of rotatable bonds is 10. The minimum atomic E-state index is -1.32. The monoisotopic (exact) mass is 586 g/mol. The van der Waals surface area contributed by atoms with Crippen LogP contribution in [0.4, 0.5) is 0 Å². The summed E-state index contributed by atoms with van der Waals surface area (Å²) in [7, 11) is 0. The molecule has 0 radical (unpaired) electrons. The average Bonchev–Trinajstić information content (AvgIpc) is 3.48. The number of ether oxygens (including phenoxy) is 4. The molecular formula is C34H50O8. The molecule has 6 saturated carbocycles. The predicted octanol–water partition coefficient (Wildman–Crippen LogP) is 5.64. The first kappa shape index (κ1) is 29.9. The van der Waals surface area contributed by atoms with Crippen molar-refractivity contribution in [1.82, 2.24) is 0 Å². The summed E-state index contributed by atoms with van der Waals surface area (Å²) in [6.07, 6.45) is 7.38. The number of esters is 4. The van der Waals surface area contributed by atoms with E-state index in [1.807, 2.05) is 20.8 Å². The van der Waals surface area contributed by atoms with Crippen molar-refractivity contribution in [3.8, 4) is 0 Å². The van der Waals surface area contributed by atoms with Crippen molar-refractivity contribution in [1.29, 1.82) is 0 Å². The molecule has 8 nitrogen and oxygen atoms in total. The number of fused-ring (bicyclic) bond motifs is 1. The summed E-state index contributed by atoms with van der Waals surface area (Å²) in [5, 5.41) is 0.